The van der Waals surface area contributed by atoms with Gasteiger partial charge in [0.15, 0.2) is 0 Å². The lowest BCUT2D eigenvalue weighted by Crippen LogP contribution is -2.22. The third kappa shape index (κ3) is 3.03. The summed E-state index contributed by atoms with van der Waals surface area (Å²) in [4.78, 5) is 33.9. The molecule has 1 aromatic carbocycles. The maximum atomic E-state index is 13.0. The van der Waals surface area contributed by atoms with Crippen molar-refractivity contribution < 1.29 is 13.9 Å². The third-order valence-corrected chi connectivity index (χ3v) is 4.75. The van der Waals surface area contributed by atoms with Gasteiger partial charge in [-0.25, -0.2) is 14.8 Å². The second-order valence-electron chi connectivity index (χ2n) is 6.24. The van der Waals surface area contributed by atoms with Crippen LogP contribution in [-0.2, 0) is 11.3 Å². The predicted molar refractivity (Wildman–Crippen MR) is 105 cm³/mol. The number of aryl methyl sites for hydroxylation is 1. The van der Waals surface area contributed by atoms with E-state index < -0.39 is 11.5 Å². The highest BCUT2D eigenvalue weighted by molar-refractivity contribution is 6.30. The molecule has 3 aromatic heterocycles. The summed E-state index contributed by atoms with van der Waals surface area (Å²) in [7, 11) is 0. The SMILES string of the molecule is CCOC(=O)c1c(C)oc2ncn(Cc3cc4ccccc4nc3Cl)c(=O)c12. The first-order valence-corrected chi connectivity index (χ1v) is 9.07. The van der Waals surface area contributed by atoms with Gasteiger partial charge in [0.2, 0.25) is 5.71 Å². The zero-order valence-corrected chi connectivity index (χ0v) is 16.0. The zero-order chi connectivity index (χ0) is 19.8. The van der Waals surface area contributed by atoms with Crippen LogP contribution in [0.3, 0.4) is 0 Å². The minimum Gasteiger partial charge on any atom is -0.462 e. The Hall–Kier alpha value is -3.19. The molecule has 4 rings (SSSR count). The molecule has 3 heterocycles. The highest BCUT2D eigenvalue weighted by atomic mass is 35.5. The Balaban J connectivity index is 1.83. The van der Waals surface area contributed by atoms with Gasteiger partial charge in [0.05, 0.1) is 18.7 Å². The summed E-state index contributed by atoms with van der Waals surface area (Å²) in [6, 6.07) is 9.46. The van der Waals surface area contributed by atoms with Crippen LogP contribution >= 0.6 is 11.6 Å². The number of ether oxygens (including phenoxy) is 1. The summed E-state index contributed by atoms with van der Waals surface area (Å²) < 4.78 is 11.9. The van der Waals surface area contributed by atoms with Crippen molar-refractivity contribution in [3.8, 4) is 0 Å². The van der Waals surface area contributed by atoms with E-state index in [0.717, 1.165) is 10.9 Å². The molecule has 0 radical (unpaired) electrons. The van der Waals surface area contributed by atoms with E-state index in [9.17, 15) is 9.59 Å². The normalized spacial score (nSPS) is 11.2. The third-order valence-electron chi connectivity index (χ3n) is 4.43. The molecular formula is C20H16ClN3O4. The van der Waals surface area contributed by atoms with Gasteiger partial charge in [-0.05, 0) is 26.0 Å². The van der Waals surface area contributed by atoms with Crippen LogP contribution in [0.2, 0.25) is 5.15 Å². The molecule has 0 spiro atoms. The molecule has 0 bridgehead atoms. The van der Waals surface area contributed by atoms with Crippen molar-refractivity contribution in [2.75, 3.05) is 6.61 Å². The van der Waals surface area contributed by atoms with Crippen molar-refractivity contribution in [1.29, 1.82) is 0 Å². The van der Waals surface area contributed by atoms with Crippen LogP contribution in [-0.4, -0.2) is 27.1 Å². The number of para-hydroxylation sites is 1. The fourth-order valence-electron chi connectivity index (χ4n) is 3.13. The van der Waals surface area contributed by atoms with E-state index in [1.54, 1.807) is 13.8 Å². The van der Waals surface area contributed by atoms with Gasteiger partial charge in [-0.15, -0.1) is 0 Å². The number of carbonyl (C=O) groups excluding carboxylic acids is 1. The number of pyridine rings is 1. The molecule has 8 heteroatoms. The number of aromatic nitrogens is 3. The van der Waals surface area contributed by atoms with E-state index >= 15 is 0 Å². The van der Waals surface area contributed by atoms with E-state index in [1.165, 1.54) is 10.9 Å². The number of halogens is 1. The maximum Gasteiger partial charge on any atom is 0.342 e. The minimum absolute atomic E-state index is 0.100. The van der Waals surface area contributed by atoms with Crippen molar-refractivity contribution >= 4 is 39.6 Å². The molecule has 0 saturated carbocycles. The number of esters is 1. The molecule has 0 aliphatic heterocycles. The summed E-state index contributed by atoms with van der Waals surface area (Å²) >= 11 is 6.31. The Bertz CT molecular complexity index is 1280. The molecule has 0 unspecified atom stereocenters. The van der Waals surface area contributed by atoms with Crippen LogP contribution in [0.4, 0.5) is 0 Å². The van der Waals surface area contributed by atoms with Crippen molar-refractivity contribution in [2.45, 2.75) is 20.4 Å². The van der Waals surface area contributed by atoms with Crippen LogP contribution in [0, 0.1) is 6.92 Å². The van der Waals surface area contributed by atoms with Gasteiger partial charge < -0.3 is 9.15 Å². The Morgan fingerprint density at radius 1 is 1.32 bits per heavy atom. The standard InChI is InChI=1S/C20H16ClN3O4/c1-3-27-20(26)15-11(2)28-18-16(15)19(25)24(10-22-18)9-13-8-12-6-4-5-7-14(12)23-17(13)21/h4-8,10H,3,9H2,1-2H3. The van der Waals surface area contributed by atoms with E-state index in [0.29, 0.717) is 16.5 Å². The van der Waals surface area contributed by atoms with E-state index in [1.807, 2.05) is 30.3 Å². The van der Waals surface area contributed by atoms with Crippen LogP contribution in [0.1, 0.15) is 28.6 Å². The molecule has 0 atom stereocenters. The van der Waals surface area contributed by atoms with E-state index in [-0.39, 0.29) is 29.8 Å². The van der Waals surface area contributed by atoms with Gasteiger partial charge >= 0.3 is 5.97 Å². The number of benzene rings is 1. The van der Waals surface area contributed by atoms with Crippen molar-refractivity contribution in [3.05, 3.63) is 69.1 Å². The fraction of sp³-hybridized carbons (Fsp3) is 0.200. The number of nitrogens with zero attached hydrogens (tertiary/aromatic N) is 3. The largest absolute Gasteiger partial charge is 0.462 e. The molecule has 0 aliphatic carbocycles. The average Bonchev–Trinajstić information content (AvgIpc) is 3.01. The molecule has 4 aromatic rings. The quantitative estimate of drug-likeness (QED) is 0.385. The number of carbonyl (C=O) groups is 1. The average molecular weight is 398 g/mol. The molecule has 0 saturated heterocycles. The first-order chi connectivity index (χ1) is 13.5. The van der Waals surface area contributed by atoms with E-state index in [2.05, 4.69) is 9.97 Å². The predicted octanol–water partition coefficient (Wildman–Crippen LogP) is 3.72. The first kappa shape index (κ1) is 18.2. The maximum absolute atomic E-state index is 13.0. The molecule has 0 amide bonds. The Morgan fingerprint density at radius 3 is 2.89 bits per heavy atom. The Labute approximate surface area is 164 Å². The molecule has 0 fully saturated rings. The van der Waals surface area contributed by atoms with Gasteiger partial charge in [-0.3, -0.25) is 9.36 Å². The molecular weight excluding hydrogens is 382 g/mol. The summed E-state index contributed by atoms with van der Waals surface area (Å²) in [6.45, 7) is 3.64. The molecule has 28 heavy (non-hydrogen) atoms. The Kier molecular flexibility index (Phi) is 4.60. The second kappa shape index (κ2) is 7.09. The van der Waals surface area contributed by atoms with Crippen molar-refractivity contribution in [3.63, 3.8) is 0 Å². The summed E-state index contributed by atoms with van der Waals surface area (Å²) in [5.74, 6) is -0.318. The van der Waals surface area contributed by atoms with Crippen LogP contribution in [0.5, 0.6) is 0 Å². The molecule has 7 nitrogen and oxygen atoms in total. The van der Waals surface area contributed by atoms with Crippen molar-refractivity contribution in [2.24, 2.45) is 0 Å². The van der Waals surface area contributed by atoms with Crippen molar-refractivity contribution in [1.82, 2.24) is 14.5 Å². The number of hydrogen-bond donors (Lipinski definition) is 0. The highest BCUT2D eigenvalue weighted by Gasteiger charge is 2.24. The van der Waals surface area contributed by atoms with E-state index in [4.69, 9.17) is 20.8 Å². The summed E-state index contributed by atoms with van der Waals surface area (Å²) in [6.07, 6.45) is 1.37. The lowest BCUT2D eigenvalue weighted by molar-refractivity contribution is 0.0526. The monoisotopic (exact) mass is 397 g/mol. The van der Waals surface area contributed by atoms with Gasteiger partial charge in [0, 0.05) is 10.9 Å². The zero-order valence-electron chi connectivity index (χ0n) is 15.2. The molecule has 0 aliphatic rings. The van der Waals surface area contributed by atoms with Gasteiger partial charge in [0.1, 0.15) is 28.2 Å². The minimum atomic E-state index is -0.610. The number of rotatable bonds is 4. The lowest BCUT2D eigenvalue weighted by Gasteiger charge is -2.08. The van der Waals surface area contributed by atoms with Gasteiger partial charge in [-0.1, -0.05) is 29.8 Å². The number of fused-ring (bicyclic) bond motifs is 2. The summed E-state index contributed by atoms with van der Waals surface area (Å²) in [5.41, 5.74) is 1.24. The summed E-state index contributed by atoms with van der Waals surface area (Å²) in [5, 5.41) is 1.32. The highest BCUT2D eigenvalue weighted by Crippen LogP contribution is 2.23. The Morgan fingerprint density at radius 2 is 2.11 bits per heavy atom. The smallest absolute Gasteiger partial charge is 0.342 e. The second-order valence-corrected chi connectivity index (χ2v) is 6.60. The van der Waals surface area contributed by atoms with Gasteiger partial charge in [0.25, 0.3) is 5.56 Å². The molecule has 0 N–H and O–H groups in total. The first-order valence-electron chi connectivity index (χ1n) is 8.69. The van der Waals surface area contributed by atoms with Crippen LogP contribution in [0.15, 0.2) is 45.9 Å². The van der Waals surface area contributed by atoms with Crippen LogP contribution in [0.25, 0.3) is 22.0 Å². The number of furan rings is 1. The topological polar surface area (TPSA) is 87.2 Å². The number of hydrogen-bond acceptors (Lipinski definition) is 6. The van der Waals surface area contributed by atoms with Crippen LogP contribution < -0.4 is 5.56 Å². The fourth-order valence-corrected chi connectivity index (χ4v) is 3.34. The van der Waals surface area contributed by atoms with Gasteiger partial charge in [-0.2, -0.15) is 0 Å². The lowest BCUT2D eigenvalue weighted by atomic mass is 10.1. The molecule has 142 valence electrons.